The van der Waals surface area contributed by atoms with Crippen LogP contribution in [0.2, 0.25) is 0 Å². The van der Waals surface area contributed by atoms with E-state index in [0.29, 0.717) is 12.5 Å². The van der Waals surface area contributed by atoms with Crippen LogP contribution in [0.5, 0.6) is 0 Å². The Kier molecular flexibility index (Phi) is 4.74. The summed E-state index contributed by atoms with van der Waals surface area (Å²) >= 11 is 0. The molecule has 0 aromatic heterocycles. The predicted molar refractivity (Wildman–Crippen MR) is 62.5 cm³/mol. The van der Waals surface area contributed by atoms with E-state index in [1.807, 2.05) is 6.92 Å². The lowest BCUT2D eigenvalue weighted by molar-refractivity contribution is -0.147. The highest BCUT2D eigenvalue weighted by molar-refractivity contribution is 5.79. The van der Waals surface area contributed by atoms with Crippen LogP contribution in [-0.2, 0) is 9.53 Å². The van der Waals surface area contributed by atoms with Crippen molar-refractivity contribution in [1.29, 1.82) is 0 Å². The van der Waals surface area contributed by atoms with Gasteiger partial charge in [0.25, 0.3) is 0 Å². The summed E-state index contributed by atoms with van der Waals surface area (Å²) in [6.45, 7) is 4.70. The van der Waals surface area contributed by atoms with Crippen LogP contribution in [-0.4, -0.2) is 36.4 Å². The molecule has 94 valence electrons. The second-order valence-electron chi connectivity index (χ2n) is 5.07. The van der Waals surface area contributed by atoms with E-state index in [1.54, 1.807) is 7.11 Å². The number of rotatable bonds is 5. The third kappa shape index (κ3) is 3.19. The quantitative estimate of drug-likeness (QED) is 0.752. The summed E-state index contributed by atoms with van der Waals surface area (Å²) in [7, 11) is 1.63. The lowest BCUT2D eigenvalue weighted by Gasteiger charge is -2.38. The van der Waals surface area contributed by atoms with Crippen molar-refractivity contribution < 1.29 is 14.6 Å². The van der Waals surface area contributed by atoms with Crippen LogP contribution in [0, 0.1) is 5.92 Å². The highest BCUT2D eigenvalue weighted by Gasteiger charge is 2.41. The fourth-order valence-electron chi connectivity index (χ4n) is 2.44. The van der Waals surface area contributed by atoms with Gasteiger partial charge in [0.2, 0.25) is 0 Å². The zero-order chi connectivity index (χ0) is 12.2. The summed E-state index contributed by atoms with van der Waals surface area (Å²) in [4.78, 5) is 11.4. The molecule has 16 heavy (non-hydrogen) atoms. The number of carboxylic acid groups (broad SMARTS) is 1. The predicted octanol–water partition coefficient (Wildman–Crippen LogP) is 1.64. The largest absolute Gasteiger partial charge is 0.480 e. The fraction of sp³-hybridized carbons (Fsp3) is 0.917. The average Bonchev–Trinajstić information content (AvgIpc) is 2.22. The topological polar surface area (TPSA) is 58.6 Å². The Hall–Kier alpha value is -0.610. The SMILES string of the molecule is COCC(C)NC1(C(=O)O)CCC(C)CC1. The molecule has 1 rings (SSSR count). The molecule has 1 unspecified atom stereocenters. The monoisotopic (exact) mass is 229 g/mol. The molecule has 1 saturated carbocycles. The number of hydrogen-bond donors (Lipinski definition) is 2. The maximum atomic E-state index is 11.4. The standard InChI is InChI=1S/C12H23NO3/c1-9-4-6-12(7-5-9,11(14)15)13-10(2)8-16-3/h9-10,13H,4-8H2,1-3H3,(H,14,15). The van der Waals surface area contributed by atoms with E-state index in [1.165, 1.54) is 0 Å². The van der Waals surface area contributed by atoms with Crippen molar-refractivity contribution in [3.63, 3.8) is 0 Å². The van der Waals surface area contributed by atoms with Gasteiger partial charge in [-0.25, -0.2) is 0 Å². The number of nitrogens with one attached hydrogen (secondary N) is 1. The number of methoxy groups -OCH3 is 1. The van der Waals surface area contributed by atoms with Crippen LogP contribution in [0.25, 0.3) is 0 Å². The minimum absolute atomic E-state index is 0.0782. The first-order chi connectivity index (χ1) is 7.50. The van der Waals surface area contributed by atoms with E-state index in [2.05, 4.69) is 12.2 Å². The minimum Gasteiger partial charge on any atom is -0.480 e. The molecule has 4 heteroatoms. The Morgan fingerprint density at radius 3 is 2.56 bits per heavy atom. The molecule has 1 aliphatic rings. The lowest BCUT2D eigenvalue weighted by atomic mass is 9.77. The number of ether oxygens (including phenoxy) is 1. The summed E-state index contributed by atoms with van der Waals surface area (Å²) in [5, 5.41) is 12.6. The molecule has 0 heterocycles. The Morgan fingerprint density at radius 2 is 2.12 bits per heavy atom. The molecular weight excluding hydrogens is 206 g/mol. The smallest absolute Gasteiger partial charge is 0.323 e. The van der Waals surface area contributed by atoms with E-state index in [0.717, 1.165) is 25.7 Å². The average molecular weight is 229 g/mol. The van der Waals surface area contributed by atoms with E-state index < -0.39 is 11.5 Å². The van der Waals surface area contributed by atoms with Crippen molar-refractivity contribution in [3.8, 4) is 0 Å². The summed E-state index contributed by atoms with van der Waals surface area (Å²) in [6.07, 6.45) is 3.41. The molecule has 4 nitrogen and oxygen atoms in total. The number of carbonyl (C=O) groups is 1. The Bertz CT molecular complexity index is 234. The van der Waals surface area contributed by atoms with E-state index in [-0.39, 0.29) is 6.04 Å². The summed E-state index contributed by atoms with van der Waals surface area (Å²) in [5.41, 5.74) is -0.732. The van der Waals surface area contributed by atoms with Crippen molar-refractivity contribution in [1.82, 2.24) is 5.32 Å². The Labute approximate surface area is 97.4 Å². The van der Waals surface area contributed by atoms with Crippen molar-refractivity contribution in [3.05, 3.63) is 0 Å². The third-order valence-corrected chi connectivity index (χ3v) is 3.48. The molecule has 0 bridgehead atoms. The highest BCUT2D eigenvalue weighted by atomic mass is 16.5. The van der Waals surface area contributed by atoms with Gasteiger partial charge in [-0.15, -0.1) is 0 Å². The Balaban J connectivity index is 2.63. The molecule has 0 aliphatic heterocycles. The highest BCUT2D eigenvalue weighted by Crippen LogP contribution is 2.32. The van der Waals surface area contributed by atoms with Gasteiger partial charge in [-0.05, 0) is 38.5 Å². The second kappa shape index (κ2) is 5.64. The van der Waals surface area contributed by atoms with Crippen LogP contribution in [0.3, 0.4) is 0 Å². The molecule has 0 aromatic carbocycles. The van der Waals surface area contributed by atoms with Crippen LogP contribution in [0.1, 0.15) is 39.5 Å². The molecule has 0 aromatic rings. The zero-order valence-electron chi connectivity index (χ0n) is 10.5. The fourth-order valence-corrected chi connectivity index (χ4v) is 2.44. The van der Waals surface area contributed by atoms with Crippen LogP contribution in [0.4, 0.5) is 0 Å². The first kappa shape index (κ1) is 13.5. The first-order valence-corrected chi connectivity index (χ1v) is 6.00. The maximum absolute atomic E-state index is 11.4. The first-order valence-electron chi connectivity index (χ1n) is 6.00. The molecule has 0 saturated heterocycles. The van der Waals surface area contributed by atoms with Gasteiger partial charge in [0.1, 0.15) is 5.54 Å². The van der Waals surface area contributed by atoms with Gasteiger partial charge >= 0.3 is 5.97 Å². The third-order valence-electron chi connectivity index (χ3n) is 3.48. The second-order valence-corrected chi connectivity index (χ2v) is 5.07. The molecule has 1 aliphatic carbocycles. The summed E-state index contributed by atoms with van der Waals surface area (Å²) in [5.74, 6) is -0.0747. The molecule has 1 atom stereocenters. The van der Waals surface area contributed by atoms with Gasteiger partial charge in [-0.3, -0.25) is 10.1 Å². The molecule has 0 radical (unpaired) electrons. The number of carboxylic acids is 1. The summed E-state index contributed by atoms with van der Waals surface area (Å²) in [6, 6.07) is 0.0782. The molecule has 1 fully saturated rings. The van der Waals surface area contributed by atoms with Gasteiger partial charge in [0.15, 0.2) is 0 Å². The Morgan fingerprint density at radius 1 is 1.56 bits per heavy atom. The van der Waals surface area contributed by atoms with Gasteiger partial charge in [-0.2, -0.15) is 0 Å². The molecule has 0 spiro atoms. The summed E-state index contributed by atoms with van der Waals surface area (Å²) < 4.78 is 5.04. The van der Waals surface area contributed by atoms with Gasteiger partial charge in [0.05, 0.1) is 6.61 Å². The molecule has 2 N–H and O–H groups in total. The molecule has 0 amide bonds. The van der Waals surface area contributed by atoms with Crippen LogP contribution < -0.4 is 5.32 Å². The lowest BCUT2D eigenvalue weighted by Crippen LogP contribution is -2.57. The number of aliphatic carboxylic acids is 1. The van der Waals surface area contributed by atoms with Crippen LogP contribution in [0.15, 0.2) is 0 Å². The van der Waals surface area contributed by atoms with Crippen molar-refractivity contribution >= 4 is 5.97 Å². The van der Waals surface area contributed by atoms with Crippen molar-refractivity contribution in [2.24, 2.45) is 5.92 Å². The van der Waals surface area contributed by atoms with Crippen molar-refractivity contribution in [2.45, 2.75) is 51.1 Å². The maximum Gasteiger partial charge on any atom is 0.323 e. The van der Waals surface area contributed by atoms with E-state index >= 15 is 0 Å². The molecular formula is C12H23NO3. The van der Waals surface area contributed by atoms with Crippen LogP contribution >= 0.6 is 0 Å². The van der Waals surface area contributed by atoms with Gasteiger partial charge in [0, 0.05) is 13.2 Å². The van der Waals surface area contributed by atoms with Gasteiger partial charge < -0.3 is 9.84 Å². The van der Waals surface area contributed by atoms with Gasteiger partial charge in [-0.1, -0.05) is 6.92 Å². The van der Waals surface area contributed by atoms with E-state index in [9.17, 15) is 9.90 Å². The van der Waals surface area contributed by atoms with E-state index in [4.69, 9.17) is 4.74 Å². The number of hydrogen-bond acceptors (Lipinski definition) is 3. The minimum atomic E-state index is -0.732. The van der Waals surface area contributed by atoms with Crippen molar-refractivity contribution in [2.75, 3.05) is 13.7 Å². The zero-order valence-corrected chi connectivity index (χ0v) is 10.5. The normalized spacial score (nSPS) is 32.3.